The molecule has 5 heteroatoms. The van der Waals surface area contributed by atoms with Crippen molar-refractivity contribution in [3.05, 3.63) is 65.2 Å². The van der Waals surface area contributed by atoms with Gasteiger partial charge in [-0.25, -0.2) is 0 Å². The second kappa shape index (κ2) is 9.18. The Hall–Kier alpha value is -1.14. The summed E-state index contributed by atoms with van der Waals surface area (Å²) in [5.41, 5.74) is 3.60. The van der Waals surface area contributed by atoms with Crippen molar-refractivity contribution in [1.29, 1.82) is 0 Å². The molecule has 140 valence electrons. The third-order valence-corrected chi connectivity index (χ3v) is 7.94. The number of benzene rings is 2. The van der Waals surface area contributed by atoms with E-state index in [4.69, 9.17) is 9.47 Å². The normalized spacial score (nSPS) is 17.7. The van der Waals surface area contributed by atoms with Crippen molar-refractivity contribution in [3.8, 4) is 5.75 Å². The minimum Gasteiger partial charge on any atom is -0.497 e. The van der Waals surface area contributed by atoms with Crippen LogP contribution in [0.1, 0.15) is 29.2 Å². The first-order valence-corrected chi connectivity index (χ1v) is 10.9. The average Bonchev–Trinajstić information content (AvgIpc) is 2.69. The Morgan fingerprint density at radius 2 is 1.85 bits per heavy atom. The Balaban J connectivity index is 2.07. The molecule has 0 spiro atoms. The number of aliphatic hydroxyl groups is 1. The van der Waals surface area contributed by atoms with E-state index in [-0.39, 0.29) is 16.8 Å². The predicted octanol–water partition coefficient (Wildman–Crippen LogP) is 4.78. The molecule has 1 aliphatic heterocycles. The third kappa shape index (κ3) is 4.22. The lowest BCUT2D eigenvalue weighted by Crippen LogP contribution is -2.33. The predicted molar refractivity (Wildman–Crippen MR) is 111 cm³/mol. The number of thioether (sulfide) groups is 2. The summed E-state index contributed by atoms with van der Waals surface area (Å²) < 4.78 is 11.5. The summed E-state index contributed by atoms with van der Waals surface area (Å²) >= 11 is 3.90. The summed E-state index contributed by atoms with van der Waals surface area (Å²) in [5.74, 6) is 3.03. The Kier molecular flexibility index (Phi) is 6.92. The highest BCUT2D eigenvalue weighted by atomic mass is 32.2. The molecule has 2 aromatic rings. The van der Waals surface area contributed by atoms with Crippen LogP contribution in [-0.2, 0) is 8.82 Å². The number of methoxy groups -OCH3 is 1. The summed E-state index contributed by atoms with van der Waals surface area (Å²) in [4.78, 5) is 0. The van der Waals surface area contributed by atoms with Gasteiger partial charge < -0.3 is 14.6 Å². The maximum absolute atomic E-state index is 9.39. The van der Waals surface area contributed by atoms with E-state index in [1.54, 1.807) is 7.11 Å². The Bertz CT molecular complexity index is 697. The first-order chi connectivity index (χ1) is 12.7. The average molecular weight is 391 g/mol. The highest BCUT2D eigenvalue weighted by molar-refractivity contribution is 8.18. The standard InChI is InChI=1S/C21H26O3S2/c1-16-7-9-18(10-8-16)21(25-13-4-14-26-21)20(24-12-11-22)17-5-3-6-19(15-17)23-2/h3,5-10,15,20,22H,4,11-14H2,1-2H3. The van der Waals surface area contributed by atoms with Gasteiger partial charge in [-0.05, 0) is 48.1 Å². The molecule has 2 aromatic carbocycles. The smallest absolute Gasteiger partial charge is 0.119 e. The topological polar surface area (TPSA) is 38.7 Å². The minimum atomic E-state index is -0.229. The van der Waals surface area contributed by atoms with Gasteiger partial charge in [-0.3, -0.25) is 0 Å². The molecule has 1 unspecified atom stereocenters. The molecule has 0 aliphatic carbocycles. The maximum atomic E-state index is 9.39. The van der Waals surface area contributed by atoms with Crippen molar-refractivity contribution in [2.24, 2.45) is 0 Å². The number of aryl methyl sites for hydroxylation is 1. The number of rotatable bonds is 7. The van der Waals surface area contributed by atoms with Crippen LogP contribution < -0.4 is 4.74 Å². The molecule has 1 fully saturated rings. The molecule has 0 aromatic heterocycles. The second-order valence-corrected chi connectivity index (χ2v) is 9.28. The number of aliphatic hydroxyl groups excluding tert-OH is 1. The fraction of sp³-hybridized carbons (Fsp3) is 0.429. The van der Waals surface area contributed by atoms with Gasteiger partial charge >= 0.3 is 0 Å². The zero-order valence-corrected chi connectivity index (χ0v) is 16.9. The van der Waals surface area contributed by atoms with Gasteiger partial charge in [0.15, 0.2) is 0 Å². The van der Waals surface area contributed by atoms with Crippen molar-refractivity contribution in [1.82, 2.24) is 0 Å². The van der Waals surface area contributed by atoms with Crippen molar-refractivity contribution < 1.29 is 14.6 Å². The molecule has 1 saturated heterocycles. The Morgan fingerprint density at radius 3 is 2.50 bits per heavy atom. The lowest BCUT2D eigenvalue weighted by atomic mass is 9.98. The summed E-state index contributed by atoms with van der Waals surface area (Å²) in [6.07, 6.45) is 1.04. The SMILES string of the molecule is COc1cccc(C(OCCO)C2(c3ccc(C)cc3)SCCCS2)c1. The molecule has 0 radical (unpaired) electrons. The van der Waals surface area contributed by atoms with Crippen LogP contribution in [0.3, 0.4) is 0 Å². The molecule has 3 nitrogen and oxygen atoms in total. The van der Waals surface area contributed by atoms with Crippen LogP contribution in [0.15, 0.2) is 48.5 Å². The van der Waals surface area contributed by atoms with Crippen LogP contribution in [0.25, 0.3) is 0 Å². The van der Waals surface area contributed by atoms with E-state index in [2.05, 4.69) is 37.3 Å². The van der Waals surface area contributed by atoms with Gasteiger partial charge in [-0.15, -0.1) is 23.5 Å². The quantitative estimate of drug-likeness (QED) is 0.737. The van der Waals surface area contributed by atoms with E-state index < -0.39 is 0 Å². The molecule has 1 atom stereocenters. The van der Waals surface area contributed by atoms with E-state index in [1.807, 2.05) is 41.7 Å². The molecule has 1 heterocycles. The summed E-state index contributed by atoms with van der Waals surface area (Å²) in [6, 6.07) is 16.9. The molecule has 26 heavy (non-hydrogen) atoms. The van der Waals surface area contributed by atoms with Crippen LogP contribution in [0.4, 0.5) is 0 Å². The summed E-state index contributed by atoms with van der Waals surface area (Å²) in [7, 11) is 1.68. The molecular formula is C21H26O3S2. The fourth-order valence-corrected chi connectivity index (χ4v) is 6.72. The lowest BCUT2D eigenvalue weighted by Gasteiger charge is -2.42. The summed E-state index contributed by atoms with van der Waals surface area (Å²) in [5, 5.41) is 9.39. The van der Waals surface area contributed by atoms with Gasteiger partial charge in [0.1, 0.15) is 15.9 Å². The van der Waals surface area contributed by atoms with Crippen molar-refractivity contribution in [2.75, 3.05) is 31.8 Å². The van der Waals surface area contributed by atoms with Gasteiger partial charge in [0.25, 0.3) is 0 Å². The Labute approximate surface area is 164 Å². The second-order valence-electron chi connectivity index (χ2n) is 6.34. The molecule has 3 rings (SSSR count). The Morgan fingerprint density at radius 1 is 1.12 bits per heavy atom. The van der Waals surface area contributed by atoms with Gasteiger partial charge in [0.2, 0.25) is 0 Å². The molecule has 0 amide bonds. The number of hydrogen-bond acceptors (Lipinski definition) is 5. The van der Waals surface area contributed by atoms with Gasteiger partial charge in [0, 0.05) is 0 Å². The molecule has 0 saturated carbocycles. The van der Waals surface area contributed by atoms with E-state index in [0.29, 0.717) is 6.61 Å². The van der Waals surface area contributed by atoms with Crippen LogP contribution in [-0.4, -0.2) is 36.9 Å². The first kappa shape index (κ1) is 19.6. The monoisotopic (exact) mass is 390 g/mol. The van der Waals surface area contributed by atoms with Crippen molar-refractivity contribution in [3.63, 3.8) is 0 Å². The number of ether oxygens (including phenoxy) is 2. The highest BCUT2D eigenvalue weighted by Crippen LogP contribution is 2.58. The fourth-order valence-electron chi connectivity index (χ4n) is 3.20. The van der Waals surface area contributed by atoms with Crippen LogP contribution >= 0.6 is 23.5 Å². The van der Waals surface area contributed by atoms with Crippen molar-refractivity contribution >= 4 is 23.5 Å². The maximum Gasteiger partial charge on any atom is 0.119 e. The van der Waals surface area contributed by atoms with Gasteiger partial charge in [-0.2, -0.15) is 0 Å². The zero-order chi connectivity index (χ0) is 18.4. The van der Waals surface area contributed by atoms with Gasteiger partial charge in [0.05, 0.1) is 20.3 Å². The lowest BCUT2D eigenvalue weighted by molar-refractivity contribution is 0.0201. The first-order valence-electron chi connectivity index (χ1n) is 8.91. The molecule has 1 N–H and O–H groups in total. The highest BCUT2D eigenvalue weighted by Gasteiger charge is 2.45. The molecular weight excluding hydrogens is 364 g/mol. The molecule has 1 aliphatic rings. The van der Waals surface area contributed by atoms with Crippen LogP contribution in [0.5, 0.6) is 5.75 Å². The van der Waals surface area contributed by atoms with Gasteiger partial charge in [-0.1, -0.05) is 42.0 Å². The largest absolute Gasteiger partial charge is 0.497 e. The minimum absolute atomic E-state index is 0.0137. The van der Waals surface area contributed by atoms with E-state index in [0.717, 1.165) is 22.8 Å². The van der Waals surface area contributed by atoms with Crippen LogP contribution in [0, 0.1) is 6.92 Å². The van der Waals surface area contributed by atoms with Crippen molar-refractivity contribution in [2.45, 2.75) is 23.5 Å². The third-order valence-electron chi connectivity index (χ3n) is 4.49. The zero-order valence-electron chi connectivity index (χ0n) is 15.3. The van der Waals surface area contributed by atoms with E-state index in [1.165, 1.54) is 17.5 Å². The molecule has 0 bridgehead atoms. The summed E-state index contributed by atoms with van der Waals surface area (Å²) in [6.45, 7) is 2.44. The van der Waals surface area contributed by atoms with E-state index in [9.17, 15) is 5.11 Å². The van der Waals surface area contributed by atoms with Crippen LogP contribution in [0.2, 0.25) is 0 Å². The number of hydrogen-bond donors (Lipinski definition) is 1. The van der Waals surface area contributed by atoms with E-state index >= 15 is 0 Å².